The zero-order valence-electron chi connectivity index (χ0n) is 9.81. The summed E-state index contributed by atoms with van der Waals surface area (Å²) in [5, 5.41) is 0. The molecule has 88 valence electrons. The fourth-order valence-corrected chi connectivity index (χ4v) is 3.16. The van der Waals surface area contributed by atoms with Gasteiger partial charge in [-0.2, -0.15) is 0 Å². The van der Waals surface area contributed by atoms with Crippen LogP contribution >= 0.6 is 11.8 Å². The SMILES string of the molecule is COCC(C)OCC1CSc2ccccc21. The molecule has 0 fully saturated rings. The molecular formula is C13H18O2S. The second kappa shape index (κ2) is 5.71. The van der Waals surface area contributed by atoms with E-state index >= 15 is 0 Å². The van der Waals surface area contributed by atoms with E-state index in [0.29, 0.717) is 12.5 Å². The molecule has 0 spiro atoms. The van der Waals surface area contributed by atoms with Crippen molar-refractivity contribution in [3.8, 4) is 0 Å². The molecule has 1 heterocycles. The monoisotopic (exact) mass is 238 g/mol. The lowest BCUT2D eigenvalue weighted by Gasteiger charge is -2.16. The van der Waals surface area contributed by atoms with Gasteiger partial charge < -0.3 is 9.47 Å². The van der Waals surface area contributed by atoms with Gasteiger partial charge in [-0.25, -0.2) is 0 Å². The van der Waals surface area contributed by atoms with Crippen molar-refractivity contribution in [3.63, 3.8) is 0 Å². The third-order valence-electron chi connectivity index (χ3n) is 2.78. The quantitative estimate of drug-likeness (QED) is 0.786. The number of benzene rings is 1. The van der Waals surface area contributed by atoms with E-state index in [1.807, 2.05) is 11.8 Å². The van der Waals surface area contributed by atoms with Crippen LogP contribution in [-0.4, -0.2) is 32.2 Å². The number of hydrogen-bond donors (Lipinski definition) is 0. The Balaban J connectivity index is 1.88. The first-order valence-electron chi connectivity index (χ1n) is 5.63. The minimum absolute atomic E-state index is 0.183. The summed E-state index contributed by atoms with van der Waals surface area (Å²) in [6.45, 7) is 3.52. The maximum Gasteiger partial charge on any atom is 0.0780 e. The molecule has 0 N–H and O–H groups in total. The van der Waals surface area contributed by atoms with E-state index in [0.717, 1.165) is 12.4 Å². The van der Waals surface area contributed by atoms with Gasteiger partial charge in [0.05, 0.1) is 19.3 Å². The highest BCUT2D eigenvalue weighted by molar-refractivity contribution is 7.99. The van der Waals surface area contributed by atoms with Crippen molar-refractivity contribution in [1.29, 1.82) is 0 Å². The number of ether oxygens (including phenoxy) is 2. The van der Waals surface area contributed by atoms with E-state index in [2.05, 4.69) is 31.2 Å². The number of thioether (sulfide) groups is 1. The summed E-state index contributed by atoms with van der Waals surface area (Å²) in [7, 11) is 1.71. The Labute approximate surface area is 101 Å². The van der Waals surface area contributed by atoms with Crippen molar-refractivity contribution >= 4 is 11.8 Å². The van der Waals surface area contributed by atoms with Crippen molar-refractivity contribution in [2.24, 2.45) is 0 Å². The zero-order valence-corrected chi connectivity index (χ0v) is 10.6. The molecule has 0 amide bonds. The molecule has 1 aromatic rings. The number of hydrogen-bond acceptors (Lipinski definition) is 3. The lowest BCUT2D eigenvalue weighted by Crippen LogP contribution is -2.18. The van der Waals surface area contributed by atoms with Crippen molar-refractivity contribution in [2.45, 2.75) is 23.8 Å². The van der Waals surface area contributed by atoms with Crippen LogP contribution in [0.5, 0.6) is 0 Å². The van der Waals surface area contributed by atoms with Crippen LogP contribution in [0.4, 0.5) is 0 Å². The Bertz CT molecular complexity index is 340. The van der Waals surface area contributed by atoms with Gasteiger partial charge in [-0.15, -0.1) is 11.8 Å². The minimum Gasteiger partial charge on any atom is -0.382 e. The molecule has 3 heteroatoms. The molecular weight excluding hydrogens is 220 g/mol. The summed E-state index contributed by atoms with van der Waals surface area (Å²) in [4.78, 5) is 1.41. The summed E-state index contributed by atoms with van der Waals surface area (Å²) >= 11 is 1.93. The average molecular weight is 238 g/mol. The third-order valence-corrected chi connectivity index (χ3v) is 4.03. The first-order valence-corrected chi connectivity index (χ1v) is 6.62. The first kappa shape index (κ1) is 12.0. The molecule has 2 rings (SSSR count). The zero-order chi connectivity index (χ0) is 11.4. The molecule has 0 aromatic heterocycles. The lowest BCUT2D eigenvalue weighted by molar-refractivity contribution is 0.00486. The van der Waals surface area contributed by atoms with Gasteiger partial charge in [0.2, 0.25) is 0 Å². The van der Waals surface area contributed by atoms with Crippen molar-refractivity contribution in [3.05, 3.63) is 29.8 Å². The number of methoxy groups -OCH3 is 1. The molecule has 0 aliphatic carbocycles. The highest BCUT2D eigenvalue weighted by atomic mass is 32.2. The predicted molar refractivity (Wildman–Crippen MR) is 67.2 cm³/mol. The lowest BCUT2D eigenvalue weighted by atomic mass is 10.0. The van der Waals surface area contributed by atoms with E-state index in [1.165, 1.54) is 10.5 Å². The van der Waals surface area contributed by atoms with Gasteiger partial charge in [0.25, 0.3) is 0 Å². The van der Waals surface area contributed by atoms with E-state index < -0.39 is 0 Å². The van der Waals surface area contributed by atoms with E-state index in [9.17, 15) is 0 Å². The molecule has 0 bridgehead atoms. The second-order valence-corrected chi connectivity index (χ2v) is 5.21. The predicted octanol–water partition coefficient (Wildman–Crippen LogP) is 2.93. The smallest absolute Gasteiger partial charge is 0.0780 e. The van der Waals surface area contributed by atoms with Crippen LogP contribution in [0.1, 0.15) is 18.4 Å². The third kappa shape index (κ3) is 2.78. The number of fused-ring (bicyclic) bond motifs is 1. The molecule has 2 unspecified atom stereocenters. The highest BCUT2D eigenvalue weighted by Gasteiger charge is 2.23. The first-order chi connectivity index (χ1) is 7.81. The average Bonchev–Trinajstić information content (AvgIpc) is 2.70. The summed E-state index contributed by atoms with van der Waals surface area (Å²) in [6, 6.07) is 8.61. The van der Waals surface area contributed by atoms with Crippen molar-refractivity contribution in [2.75, 3.05) is 26.1 Å². The van der Waals surface area contributed by atoms with Gasteiger partial charge in [0, 0.05) is 23.7 Å². The molecule has 0 saturated carbocycles. The van der Waals surface area contributed by atoms with Crippen molar-refractivity contribution < 1.29 is 9.47 Å². The van der Waals surface area contributed by atoms with E-state index in [4.69, 9.17) is 9.47 Å². The Morgan fingerprint density at radius 3 is 3.06 bits per heavy atom. The Morgan fingerprint density at radius 2 is 2.25 bits per heavy atom. The van der Waals surface area contributed by atoms with Crippen LogP contribution in [0, 0.1) is 0 Å². The van der Waals surface area contributed by atoms with Crippen LogP contribution in [0.15, 0.2) is 29.2 Å². The summed E-state index contributed by atoms with van der Waals surface area (Å²) in [5.74, 6) is 1.68. The Hall–Kier alpha value is -0.510. The van der Waals surface area contributed by atoms with E-state index in [-0.39, 0.29) is 6.10 Å². The van der Waals surface area contributed by atoms with Crippen LogP contribution in [-0.2, 0) is 9.47 Å². The summed E-state index contributed by atoms with van der Waals surface area (Å²) < 4.78 is 10.8. The van der Waals surface area contributed by atoms with E-state index in [1.54, 1.807) is 7.11 Å². The molecule has 1 aliphatic heterocycles. The molecule has 2 atom stereocenters. The molecule has 0 saturated heterocycles. The summed E-state index contributed by atoms with van der Waals surface area (Å²) in [5.41, 5.74) is 1.44. The number of rotatable bonds is 5. The standard InChI is InChI=1S/C13H18O2S/c1-10(7-14-2)15-8-11-9-16-13-6-4-3-5-12(11)13/h3-6,10-11H,7-9H2,1-2H3. The Kier molecular flexibility index (Phi) is 4.27. The van der Waals surface area contributed by atoms with Gasteiger partial charge in [-0.3, -0.25) is 0 Å². The normalized spacial score (nSPS) is 20.8. The molecule has 1 aliphatic rings. The van der Waals surface area contributed by atoms with Gasteiger partial charge in [0.1, 0.15) is 0 Å². The fourth-order valence-electron chi connectivity index (χ4n) is 1.93. The van der Waals surface area contributed by atoms with Gasteiger partial charge in [-0.05, 0) is 18.6 Å². The highest BCUT2D eigenvalue weighted by Crippen LogP contribution is 2.39. The second-order valence-electron chi connectivity index (χ2n) is 4.15. The minimum atomic E-state index is 0.183. The van der Waals surface area contributed by atoms with Crippen LogP contribution in [0.2, 0.25) is 0 Å². The maximum absolute atomic E-state index is 5.78. The van der Waals surface area contributed by atoms with Crippen molar-refractivity contribution in [1.82, 2.24) is 0 Å². The van der Waals surface area contributed by atoms with Crippen LogP contribution in [0.3, 0.4) is 0 Å². The molecule has 16 heavy (non-hydrogen) atoms. The van der Waals surface area contributed by atoms with Gasteiger partial charge >= 0.3 is 0 Å². The largest absolute Gasteiger partial charge is 0.382 e. The molecule has 1 aromatic carbocycles. The van der Waals surface area contributed by atoms with Gasteiger partial charge in [0.15, 0.2) is 0 Å². The van der Waals surface area contributed by atoms with Gasteiger partial charge in [-0.1, -0.05) is 18.2 Å². The topological polar surface area (TPSA) is 18.5 Å². The maximum atomic E-state index is 5.78. The molecule has 2 nitrogen and oxygen atoms in total. The Morgan fingerprint density at radius 1 is 1.44 bits per heavy atom. The summed E-state index contributed by atoms with van der Waals surface area (Å²) in [6.07, 6.45) is 0.183. The van der Waals surface area contributed by atoms with Crippen LogP contribution in [0.25, 0.3) is 0 Å². The molecule has 0 radical (unpaired) electrons. The van der Waals surface area contributed by atoms with Crippen LogP contribution < -0.4 is 0 Å². The fraction of sp³-hybridized carbons (Fsp3) is 0.538.